The molecule has 2 unspecified atom stereocenters. The predicted octanol–water partition coefficient (Wildman–Crippen LogP) is 1.98. The summed E-state index contributed by atoms with van der Waals surface area (Å²) < 4.78 is 5.88. The Hall–Kier alpha value is -1.10. The molecule has 2 atom stereocenters. The van der Waals surface area contributed by atoms with Gasteiger partial charge in [-0.15, -0.1) is 0 Å². The largest absolute Gasteiger partial charge is 0.399 e. The summed E-state index contributed by atoms with van der Waals surface area (Å²) >= 11 is 0. The van der Waals surface area contributed by atoms with Gasteiger partial charge in [0.05, 0.1) is 12.7 Å². The molecule has 4 nitrogen and oxygen atoms in total. The minimum Gasteiger partial charge on any atom is -0.399 e. The van der Waals surface area contributed by atoms with Gasteiger partial charge in [0.25, 0.3) is 0 Å². The van der Waals surface area contributed by atoms with Gasteiger partial charge in [0.2, 0.25) is 0 Å². The Labute approximate surface area is 122 Å². The number of anilines is 1. The average Bonchev–Trinajstić information content (AvgIpc) is 2.46. The van der Waals surface area contributed by atoms with Crippen LogP contribution >= 0.6 is 0 Å². The van der Waals surface area contributed by atoms with Gasteiger partial charge in [-0.05, 0) is 38.2 Å². The minimum atomic E-state index is 0.303. The summed E-state index contributed by atoms with van der Waals surface area (Å²) in [5.41, 5.74) is 7.95. The summed E-state index contributed by atoms with van der Waals surface area (Å²) in [7, 11) is 2.15. The van der Waals surface area contributed by atoms with Crippen molar-refractivity contribution in [3.8, 4) is 0 Å². The van der Waals surface area contributed by atoms with Crippen LogP contribution in [0.25, 0.3) is 0 Å². The van der Waals surface area contributed by atoms with E-state index in [-0.39, 0.29) is 0 Å². The number of rotatable bonds is 5. The molecule has 1 aliphatic heterocycles. The van der Waals surface area contributed by atoms with Crippen molar-refractivity contribution >= 4 is 5.69 Å². The smallest absolute Gasteiger partial charge is 0.0829 e. The molecular weight excluding hydrogens is 250 g/mol. The molecule has 1 aromatic rings. The summed E-state index contributed by atoms with van der Waals surface area (Å²) in [4.78, 5) is 4.80. The van der Waals surface area contributed by atoms with Gasteiger partial charge in [-0.3, -0.25) is 9.80 Å². The fraction of sp³-hybridized carbons (Fsp3) is 0.625. The third-order valence-corrected chi connectivity index (χ3v) is 4.22. The van der Waals surface area contributed by atoms with Gasteiger partial charge in [-0.1, -0.05) is 19.1 Å². The van der Waals surface area contributed by atoms with Gasteiger partial charge in [-0.25, -0.2) is 0 Å². The van der Waals surface area contributed by atoms with Crippen LogP contribution in [0.15, 0.2) is 24.3 Å². The number of likely N-dealkylation sites (N-methyl/N-ethyl adjacent to an activating group) is 2. The van der Waals surface area contributed by atoms with E-state index in [0.29, 0.717) is 12.1 Å². The fourth-order valence-electron chi connectivity index (χ4n) is 2.73. The number of morpholine rings is 1. The van der Waals surface area contributed by atoms with Crippen LogP contribution in [0.2, 0.25) is 0 Å². The van der Waals surface area contributed by atoms with E-state index < -0.39 is 0 Å². The van der Waals surface area contributed by atoms with Gasteiger partial charge >= 0.3 is 0 Å². The van der Waals surface area contributed by atoms with E-state index in [4.69, 9.17) is 10.5 Å². The first-order valence-corrected chi connectivity index (χ1v) is 7.49. The molecule has 0 radical (unpaired) electrons. The number of benzene rings is 1. The van der Waals surface area contributed by atoms with E-state index in [1.54, 1.807) is 0 Å². The molecule has 0 saturated carbocycles. The molecule has 1 heterocycles. The lowest BCUT2D eigenvalue weighted by Crippen LogP contribution is -2.47. The van der Waals surface area contributed by atoms with Crippen LogP contribution in [-0.4, -0.2) is 55.7 Å². The van der Waals surface area contributed by atoms with Crippen molar-refractivity contribution in [3.63, 3.8) is 0 Å². The van der Waals surface area contributed by atoms with Crippen molar-refractivity contribution < 1.29 is 4.74 Å². The lowest BCUT2D eigenvalue weighted by Gasteiger charge is -2.36. The highest BCUT2D eigenvalue weighted by Gasteiger charge is 2.22. The number of nitrogens with two attached hydrogens (primary N) is 1. The predicted molar refractivity (Wildman–Crippen MR) is 83.8 cm³/mol. The van der Waals surface area contributed by atoms with Crippen molar-refractivity contribution in [2.75, 3.05) is 45.6 Å². The van der Waals surface area contributed by atoms with Crippen molar-refractivity contribution in [1.82, 2.24) is 9.80 Å². The molecule has 2 N–H and O–H groups in total. The highest BCUT2D eigenvalue weighted by molar-refractivity contribution is 5.41. The third kappa shape index (κ3) is 3.95. The lowest BCUT2D eigenvalue weighted by atomic mass is 10.1. The van der Waals surface area contributed by atoms with Crippen LogP contribution < -0.4 is 5.73 Å². The molecule has 1 fully saturated rings. The zero-order valence-electron chi connectivity index (χ0n) is 12.9. The maximum atomic E-state index is 5.88. The molecule has 2 rings (SSSR count). The van der Waals surface area contributed by atoms with Crippen LogP contribution in [-0.2, 0) is 4.74 Å². The average molecular weight is 277 g/mol. The monoisotopic (exact) mass is 277 g/mol. The second kappa shape index (κ2) is 7.07. The van der Waals surface area contributed by atoms with Crippen LogP contribution in [0.4, 0.5) is 5.69 Å². The molecule has 0 aliphatic carbocycles. The SMILES string of the molecule is CCN1CCOC(CN(C)C(C)c2cccc(N)c2)C1. The van der Waals surface area contributed by atoms with E-state index in [2.05, 4.69) is 42.8 Å². The molecular formula is C16H27N3O. The van der Waals surface area contributed by atoms with Crippen molar-refractivity contribution in [3.05, 3.63) is 29.8 Å². The number of hydrogen-bond acceptors (Lipinski definition) is 4. The normalized spacial score (nSPS) is 22.1. The maximum absolute atomic E-state index is 5.88. The Kier molecular flexibility index (Phi) is 5.40. The lowest BCUT2D eigenvalue weighted by molar-refractivity contribution is -0.0428. The van der Waals surface area contributed by atoms with Gasteiger partial charge in [0.1, 0.15) is 0 Å². The summed E-state index contributed by atoms with van der Waals surface area (Å²) in [6.07, 6.45) is 0.303. The van der Waals surface area contributed by atoms with E-state index in [0.717, 1.165) is 38.5 Å². The van der Waals surface area contributed by atoms with Crippen LogP contribution in [0.3, 0.4) is 0 Å². The second-order valence-electron chi connectivity index (χ2n) is 5.67. The maximum Gasteiger partial charge on any atom is 0.0829 e. The van der Waals surface area contributed by atoms with Crippen LogP contribution in [0, 0.1) is 0 Å². The molecule has 4 heteroatoms. The number of nitrogen functional groups attached to an aromatic ring is 1. The molecule has 0 bridgehead atoms. The summed E-state index contributed by atoms with van der Waals surface area (Å²) in [5, 5.41) is 0. The van der Waals surface area contributed by atoms with E-state index in [9.17, 15) is 0 Å². The highest BCUT2D eigenvalue weighted by atomic mass is 16.5. The van der Waals surface area contributed by atoms with Crippen molar-refractivity contribution in [2.45, 2.75) is 26.0 Å². The van der Waals surface area contributed by atoms with E-state index in [1.165, 1.54) is 5.56 Å². The number of nitrogens with zero attached hydrogens (tertiary/aromatic N) is 2. The molecule has 1 aromatic carbocycles. The Morgan fingerprint density at radius 1 is 1.50 bits per heavy atom. The Morgan fingerprint density at radius 2 is 2.30 bits per heavy atom. The first-order valence-electron chi connectivity index (χ1n) is 7.49. The highest BCUT2D eigenvalue weighted by Crippen LogP contribution is 2.21. The number of ether oxygens (including phenoxy) is 1. The first kappa shape index (κ1) is 15.3. The van der Waals surface area contributed by atoms with E-state index >= 15 is 0 Å². The van der Waals surface area contributed by atoms with Crippen molar-refractivity contribution in [2.24, 2.45) is 0 Å². The third-order valence-electron chi connectivity index (χ3n) is 4.22. The number of hydrogen-bond donors (Lipinski definition) is 1. The Morgan fingerprint density at radius 3 is 3.00 bits per heavy atom. The molecule has 1 aliphatic rings. The van der Waals surface area contributed by atoms with Crippen LogP contribution in [0.5, 0.6) is 0 Å². The molecule has 112 valence electrons. The summed E-state index contributed by atoms with van der Waals surface area (Å²) in [6.45, 7) is 9.42. The molecule has 1 saturated heterocycles. The standard InChI is InChI=1S/C16H27N3O/c1-4-19-8-9-20-16(12-19)11-18(3)13(2)14-6-5-7-15(17)10-14/h5-7,10,13,16H,4,8-9,11-12,17H2,1-3H3. The first-order chi connectivity index (χ1) is 9.60. The summed E-state index contributed by atoms with van der Waals surface area (Å²) in [5.74, 6) is 0. The van der Waals surface area contributed by atoms with Gasteiger partial charge < -0.3 is 10.5 Å². The Bertz CT molecular complexity index is 424. The second-order valence-corrected chi connectivity index (χ2v) is 5.67. The molecule has 0 amide bonds. The van der Waals surface area contributed by atoms with Crippen LogP contribution in [0.1, 0.15) is 25.5 Å². The van der Waals surface area contributed by atoms with Gasteiger partial charge in [-0.2, -0.15) is 0 Å². The zero-order chi connectivity index (χ0) is 14.5. The topological polar surface area (TPSA) is 41.7 Å². The minimum absolute atomic E-state index is 0.303. The van der Waals surface area contributed by atoms with E-state index in [1.807, 2.05) is 12.1 Å². The Balaban J connectivity index is 1.92. The molecule has 20 heavy (non-hydrogen) atoms. The fourth-order valence-corrected chi connectivity index (χ4v) is 2.73. The quantitative estimate of drug-likeness (QED) is 0.836. The van der Waals surface area contributed by atoms with Gasteiger partial charge in [0.15, 0.2) is 0 Å². The van der Waals surface area contributed by atoms with Gasteiger partial charge in [0, 0.05) is 31.4 Å². The zero-order valence-corrected chi connectivity index (χ0v) is 12.9. The van der Waals surface area contributed by atoms with Crippen molar-refractivity contribution in [1.29, 1.82) is 0 Å². The molecule has 0 aromatic heterocycles. The molecule has 0 spiro atoms. The summed E-state index contributed by atoms with van der Waals surface area (Å²) in [6, 6.07) is 8.49.